The maximum absolute atomic E-state index is 12.6. The predicted molar refractivity (Wildman–Crippen MR) is 125 cm³/mol. The monoisotopic (exact) mass is 456 g/mol. The minimum Gasteiger partial charge on any atom is -0.490 e. The van der Waals surface area contributed by atoms with E-state index in [0.29, 0.717) is 30.4 Å². The molecule has 2 aromatic rings. The van der Waals surface area contributed by atoms with Gasteiger partial charge in [-0.05, 0) is 58.2 Å². The molecule has 0 bridgehead atoms. The van der Waals surface area contributed by atoms with Crippen LogP contribution in [0.15, 0.2) is 29.2 Å². The molecule has 2 aliphatic rings. The summed E-state index contributed by atoms with van der Waals surface area (Å²) >= 11 is 0. The highest BCUT2D eigenvalue weighted by Crippen LogP contribution is 2.50. The van der Waals surface area contributed by atoms with Gasteiger partial charge in [0.05, 0.1) is 30.0 Å². The third-order valence-corrected chi connectivity index (χ3v) is 6.30. The Kier molecular flexibility index (Phi) is 6.14. The molecule has 0 unspecified atom stereocenters. The van der Waals surface area contributed by atoms with Gasteiger partial charge in [-0.3, -0.25) is 14.5 Å². The Hall–Kier alpha value is -3.00. The third kappa shape index (κ3) is 4.19. The van der Waals surface area contributed by atoms with E-state index in [9.17, 15) is 14.7 Å². The van der Waals surface area contributed by atoms with Gasteiger partial charge < -0.3 is 19.3 Å². The summed E-state index contributed by atoms with van der Waals surface area (Å²) in [5.41, 5.74) is 1.62. The molecule has 2 aliphatic heterocycles. The van der Waals surface area contributed by atoms with Crippen LogP contribution in [-0.4, -0.2) is 47.7 Å². The number of carboxylic acid groups (broad SMARTS) is 1. The summed E-state index contributed by atoms with van der Waals surface area (Å²) < 4.78 is 19.2. The van der Waals surface area contributed by atoms with Gasteiger partial charge in [-0.25, -0.2) is 4.79 Å². The predicted octanol–water partition coefficient (Wildman–Crippen LogP) is 3.98. The molecule has 1 aromatic carbocycles. The van der Waals surface area contributed by atoms with Crippen molar-refractivity contribution in [3.63, 3.8) is 0 Å². The highest BCUT2D eigenvalue weighted by atomic mass is 16.5. The number of ether oxygens (including phenoxy) is 3. The number of hydrogen-bond donors (Lipinski definition) is 1. The molecular weight excluding hydrogens is 424 g/mol. The number of carbonyl (C=O) groups is 1. The average molecular weight is 457 g/mol. The lowest BCUT2D eigenvalue weighted by Gasteiger charge is -2.44. The van der Waals surface area contributed by atoms with Gasteiger partial charge in [0.2, 0.25) is 0 Å². The Balaban J connectivity index is 1.90. The summed E-state index contributed by atoms with van der Waals surface area (Å²) in [7, 11) is 1.66. The number of carboxylic acids is 1. The zero-order chi connectivity index (χ0) is 23.9. The summed E-state index contributed by atoms with van der Waals surface area (Å²) in [4.78, 5) is 24.3. The quantitative estimate of drug-likeness (QED) is 0.601. The second-order valence-corrected chi connectivity index (χ2v) is 9.55. The molecule has 1 atom stereocenters. The molecule has 1 N–H and O–H groups in total. The normalized spacial score (nSPS) is 18.0. The second kappa shape index (κ2) is 8.74. The molecule has 178 valence electrons. The van der Waals surface area contributed by atoms with Crippen LogP contribution in [0.1, 0.15) is 68.9 Å². The van der Waals surface area contributed by atoms with Crippen LogP contribution in [0.5, 0.6) is 11.5 Å². The standard InChI is InChI=1S/C25H32N2O6/c1-15(2)33-23-12-17-16(11-22(23)32-10-6-9-31-5)19-7-8-25(3,4)27(19)26-14-18(24(29)30)21(28)13-20(17)26/h11-15,19H,6-10H2,1-5H3,(H,29,30)/t19-/m1/s1. The maximum atomic E-state index is 12.6. The number of aromatic nitrogens is 1. The van der Waals surface area contributed by atoms with Gasteiger partial charge in [0.1, 0.15) is 5.56 Å². The van der Waals surface area contributed by atoms with Crippen molar-refractivity contribution in [2.24, 2.45) is 0 Å². The van der Waals surface area contributed by atoms with Gasteiger partial charge in [0, 0.05) is 38.0 Å². The topological polar surface area (TPSA) is 90.2 Å². The van der Waals surface area contributed by atoms with E-state index < -0.39 is 11.4 Å². The first-order valence-corrected chi connectivity index (χ1v) is 11.4. The summed E-state index contributed by atoms with van der Waals surface area (Å²) in [5, 5.41) is 11.7. The summed E-state index contributed by atoms with van der Waals surface area (Å²) in [5.74, 6) is 0.0487. The molecule has 4 rings (SSSR count). The molecule has 0 saturated carbocycles. The van der Waals surface area contributed by atoms with Gasteiger partial charge in [-0.1, -0.05) is 0 Å². The van der Waals surface area contributed by atoms with Crippen molar-refractivity contribution in [3.8, 4) is 22.8 Å². The van der Waals surface area contributed by atoms with E-state index in [0.717, 1.165) is 30.4 Å². The first-order valence-electron chi connectivity index (χ1n) is 11.4. The summed E-state index contributed by atoms with van der Waals surface area (Å²) in [6.07, 6.45) is 3.99. The molecule has 0 radical (unpaired) electrons. The maximum Gasteiger partial charge on any atom is 0.341 e. The van der Waals surface area contributed by atoms with Crippen LogP contribution < -0.4 is 19.9 Å². The molecule has 1 saturated heterocycles. The molecule has 1 aromatic heterocycles. The number of pyridine rings is 1. The minimum absolute atomic E-state index is 0.0288. The van der Waals surface area contributed by atoms with Gasteiger partial charge in [-0.15, -0.1) is 0 Å². The number of hydrogen-bond acceptors (Lipinski definition) is 6. The molecule has 33 heavy (non-hydrogen) atoms. The molecule has 0 aliphatic carbocycles. The van der Waals surface area contributed by atoms with Crippen molar-refractivity contribution in [2.75, 3.05) is 25.3 Å². The molecule has 8 heteroatoms. The highest BCUT2D eigenvalue weighted by Gasteiger charge is 2.45. The lowest BCUT2D eigenvalue weighted by Crippen LogP contribution is -2.50. The zero-order valence-corrected chi connectivity index (χ0v) is 19.9. The highest BCUT2D eigenvalue weighted by molar-refractivity contribution is 5.88. The number of nitrogens with zero attached hydrogens (tertiary/aromatic N) is 2. The first kappa shape index (κ1) is 23.2. The zero-order valence-electron chi connectivity index (χ0n) is 19.9. The average Bonchev–Trinajstić information content (AvgIpc) is 3.06. The van der Waals surface area contributed by atoms with Crippen molar-refractivity contribution in [1.82, 2.24) is 4.68 Å². The lowest BCUT2D eigenvalue weighted by molar-refractivity contribution is 0.0694. The van der Waals surface area contributed by atoms with E-state index in [1.54, 1.807) is 7.11 Å². The van der Waals surface area contributed by atoms with Crippen molar-refractivity contribution in [1.29, 1.82) is 0 Å². The minimum atomic E-state index is -1.22. The van der Waals surface area contributed by atoms with E-state index >= 15 is 0 Å². The summed E-state index contributed by atoms with van der Waals surface area (Å²) in [6.45, 7) is 9.29. The lowest BCUT2D eigenvalue weighted by atomic mass is 9.93. The van der Waals surface area contributed by atoms with E-state index in [2.05, 4.69) is 18.9 Å². The fourth-order valence-corrected chi connectivity index (χ4v) is 4.86. The van der Waals surface area contributed by atoms with Crippen LogP contribution >= 0.6 is 0 Å². The first-order chi connectivity index (χ1) is 15.6. The molecule has 0 spiro atoms. The fourth-order valence-electron chi connectivity index (χ4n) is 4.86. The number of rotatable bonds is 8. The number of methoxy groups -OCH3 is 1. The van der Waals surface area contributed by atoms with Crippen molar-refractivity contribution in [2.45, 2.75) is 64.6 Å². The van der Waals surface area contributed by atoms with Crippen LogP contribution in [0.2, 0.25) is 0 Å². The van der Waals surface area contributed by atoms with Crippen molar-refractivity contribution >= 4 is 5.97 Å². The van der Waals surface area contributed by atoms with Gasteiger partial charge >= 0.3 is 5.97 Å². The Morgan fingerprint density at radius 1 is 1.21 bits per heavy atom. The number of fused-ring (bicyclic) bond motifs is 6. The van der Waals surface area contributed by atoms with E-state index in [-0.39, 0.29) is 23.2 Å². The van der Waals surface area contributed by atoms with Crippen LogP contribution in [0.25, 0.3) is 11.3 Å². The Morgan fingerprint density at radius 2 is 1.97 bits per heavy atom. The smallest absolute Gasteiger partial charge is 0.341 e. The van der Waals surface area contributed by atoms with Crippen molar-refractivity contribution in [3.05, 3.63) is 45.7 Å². The van der Waals surface area contributed by atoms with Gasteiger partial charge in [-0.2, -0.15) is 0 Å². The van der Waals surface area contributed by atoms with Crippen LogP contribution in [0.4, 0.5) is 0 Å². The Bertz CT molecular complexity index is 1120. The molecule has 3 heterocycles. The Morgan fingerprint density at radius 3 is 2.64 bits per heavy atom. The van der Waals surface area contributed by atoms with Crippen LogP contribution in [0, 0.1) is 0 Å². The van der Waals surface area contributed by atoms with Crippen molar-refractivity contribution < 1.29 is 24.1 Å². The van der Waals surface area contributed by atoms with Gasteiger partial charge in [0.25, 0.3) is 0 Å². The van der Waals surface area contributed by atoms with Gasteiger partial charge in [0.15, 0.2) is 16.9 Å². The SMILES string of the molecule is COCCCOc1cc2c(cc1OC(C)C)-c1cc(=O)c(C(=O)O)cn1N1[C@@H]2CCC1(C)C. The van der Waals surface area contributed by atoms with Crippen LogP contribution in [-0.2, 0) is 4.74 Å². The second-order valence-electron chi connectivity index (χ2n) is 9.55. The van der Waals surface area contributed by atoms with E-state index in [4.69, 9.17) is 14.2 Å². The van der Waals surface area contributed by atoms with E-state index in [1.165, 1.54) is 12.3 Å². The number of aromatic carboxylic acids is 1. The molecular formula is C25H32N2O6. The Labute approximate surface area is 193 Å². The molecule has 0 amide bonds. The largest absolute Gasteiger partial charge is 0.490 e. The third-order valence-electron chi connectivity index (χ3n) is 6.30. The van der Waals surface area contributed by atoms with Crippen LogP contribution in [0.3, 0.4) is 0 Å². The fraction of sp³-hybridized carbons (Fsp3) is 0.520. The molecule has 8 nitrogen and oxygen atoms in total. The summed E-state index contributed by atoms with van der Waals surface area (Å²) in [6, 6.07) is 5.40. The van der Waals surface area contributed by atoms with E-state index in [1.807, 2.05) is 30.7 Å². The molecule has 1 fully saturated rings. The number of benzene rings is 1.